The van der Waals surface area contributed by atoms with Crippen molar-refractivity contribution in [1.82, 2.24) is 14.5 Å². The third-order valence-corrected chi connectivity index (χ3v) is 8.31. The Morgan fingerprint density at radius 3 is 2.32 bits per heavy atom. The van der Waals surface area contributed by atoms with Gasteiger partial charge in [0.15, 0.2) is 0 Å². The number of rotatable bonds is 2. The van der Waals surface area contributed by atoms with Gasteiger partial charge in [-0.25, -0.2) is 9.97 Å². The summed E-state index contributed by atoms with van der Waals surface area (Å²) in [6.07, 6.45) is 3.60. The molecule has 0 saturated heterocycles. The molecule has 0 fully saturated rings. The summed E-state index contributed by atoms with van der Waals surface area (Å²) in [7, 11) is 0. The van der Waals surface area contributed by atoms with Crippen LogP contribution in [-0.2, 0) is 5.41 Å². The van der Waals surface area contributed by atoms with Gasteiger partial charge in [0.25, 0.3) is 0 Å². The van der Waals surface area contributed by atoms with Crippen LogP contribution in [0.25, 0.3) is 60.6 Å². The van der Waals surface area contributed by atoms with Crippen molar-refractivity contribution in [2.75, 3.05) is 0 Å². The maximum absolute atomic E-state index is 4.79. The van der Waals surface area contributed by atoms with Crippen LogP contribution in [0.5, 0.6) is 0 Å². The second kappa shape index (κ2) is 7.62. The van der Waals surface area contributed by atoms with Crippen molar-refractivity contribution in [3.63, 3.8) is 0 Å². The zero-order valence-corrected chi connectivity index (χ0v) is 21.3. The molecule has 180 valence electrons. The quantitative estimate of drug-likeness (QED) is 0.228. The molecule has 1 aliphatic rings. The first kappa shape index (κ1) is 21.3. The van der Waals surface area contributed by atoms with Gasteiger partial charge in [-0.3, -0.25) is 0 Å². The molecular formula is C35H25N3. The molecule has 0 spiro atoms. The molecule has 38 heavy (non-hydrogen) atoms. The van der Waals surface area contributed by atoms with Crippen LogP contribution in [0.15, 0.2) is 116 Å². The van der Waals surface area contributed by atoms with Crippen molar-refractivity contribution in [2.45, 2.75) is 19.3 Å². The normalized spacial score (nSPS) is 13.7. The molecule has 2 heterocycles. The van der Waals surface area contributed by atoms with Gasteiger partial charge in [-0.15, -0.1) is 0 Å². The summed E-state index contributed by atoms with van der Waals surface area (Å²) in [6.45, 7) is 4.71. The monoisotopic (exact) mass is 487 g/mol. The molecule has 0 radical (unpaired) electrons. The minimum Gasteiger partial charge on any atom is -0.308 e. The standard InChI is InChI=1S/C35H25N3/c1-35(2)29-16-8-6-13-24(29)34-32(35)25-14-7-9-17-30(25)38(34)31-18-10-15-23-27(31)19-26(22-11-4-3-5-12-22)28-20-36-21-37-33(23)28/h3-21H,1-2H3. The van der Waals surface area contributed by atoms with E-state index in [4.69, 9.17) is 4.98 Å². The van der Waals surface area contributed by atoms with Gasteiger partial charge in [0.1, 0.15) is 6.33 Å². The number of nitrogens with zero attached hydrogens (tertiary/aromatic N) is 3. The lowest BCUT2D eigenvalue weighted by Gasteiger charge is -2.21. The minimum absolute atomic E-state index is 0.0868. The Labute approximate surface area is 221 Å². The predicted octanol–water partition coefficient (Wildman–Crippen LogP) is 8.70. The average Bonchev–Trinajstić information content (AvgIpc) is 3.43. The van der Waals surface area contributed by atoms with Gasteiger partial charge >= 0.3 is 0 Å². The summed E-state index contributed by atoms with van der Waals surface area (Å²) in [5.41, 5.74) is 11.0. The van der Waals surface area contributed by atoms with Crippen LogP contribution in [0.2, 0.25) is 0 Å². The van der Waals surface area contributed by atoms with Crippen LogP contribution in [0, 0.1) is 0 Å². The Hall–Kier alpha value is -4.76. The molecule has 7 aromatic rings. The number of aromatic nitrogens is 3. The molecule has 0 bridgehead atoms. The SMILES string of the molecule is CC1(C)c2ccccc2-c2c1c1ccccc1n2-c1cccc2c1cc(-c1ccccc1)c1cncnc12. The molecule has 2 aromatic heterocycles. The summed E-state index contributed by atoms with van der Waals surface area (Å²) < 4.78 is 2.49. The van der Waals surface area contributed by atoms with Crippen molar-refractivity contribution in [3.8, 4) is 28.1 Å². The molecule has 1 aliphatic carbocycles. The lowest BCUT2D eigenvalue weighted by Crippen LogP contribution is -2.14. The minimum atomic E-state index is -0.0868. The highest BCUT2D eigenvalue weighted by atomic mass is 15.0. The van der Waals surface area contributed by atoms with E-state index in [2.05, 4.69) is 127 Å². The summed E-state index contributed by atoms with van der Waals surface area (Å²) in [4.78, 5) is 9.18. The number of hydrogen-bond donors (Lipinski definition) is 0. The van der Waals surface area contributed by atoms with E-state index in [1.807, 2.05) is 6.20 Å². The molecule has 3 heteroatoms. The topological polar surface area (TPSA) is 30.7 Å². The Morgan fingerprint density at radius 2 is 1.42 bits per heavy atom. The smallest absolute Gasteiger partial charge is 0.116 e. The summed E-state index contributed by atoms with van der Waals surface area (Å²) in [5.74, 6) is 0. The second-order valence-corrected chi connectivity index (χ2v) is 10.7. The van der Waals surface area contributed by atoms with E-state index < -0.39 is 0 Å². The largest absolute Gasteiger partial charge is 0.308 e. The molecule has 0 aliphatic heterocycles. The van der Waals surface area contributed by atoms with Crippen molar-refractivity contribution in [2.24, 2.45) is 0 Å². The summed E-state index contributed by atoms with van der Waals surface area (Å²) in [6, 6.07) is 37.2. The van der Waals surface area contributed by atoms with Crippen molar-refractivity contribution >= 4 is 32.6 Å². The zero-order chi connectivity index (χ0) is 25.4. The Bertz CT molecular complexity index is 2050. The van der Waals surface area contributed by atoms with Gasteiger partial charge < -0.3 is 4.57 Å². The molecule has 0 N–H and O–H groups in total. The fraction of sp³-hybridized carbons (Fsp3) is 0.0857. The van der Waals surface area contributed by atoms with Crippen LogP contribution in [0.1, 0.15) is 25.0 Å². The first-order valence-corrected chi connectivity index (χ1v) is 13.1. The van der Waals surface area contributed by atoms with Crippen molar-refractivity contribution in [3.05, 3.63) is 127 Å². The van der Waals surface area contributed by atoms with Crippen LogP contribution < -0.4 is 0 Å². The van der Waals surface area contributed by atoms with E-state index in [1.165, 1.54) is 44.4 Å². The van der Waals surface area contributed by atoms with E-state index in [0.29, 0.717) is 0 Å². The van der Waals surface area contributed by atoms with Gasteiger partial charge in [-0.1, -0.05) is 98.8 Å². The number of benzene rings is 5. The molecule has 8 rings (SSSR count). The van der Waals surface area contributed by atoms with Gasteiger partial charge in [0.05, 0.1) is 22.4 Å². The molecule has 0 saturated carbocycles. The maximum Gasteiger partial charge on any atom is 0.116 e. The maximum atomic E-state index is 4.79. The predicted molar refractivity (Wildman–Crippen MR) is 157 cm³/mol. The Balaban J connectivity index is 1.56. The van der Waals surface area contributed by atoms with Crippen LogP contribution in [0.4, 0.5) is 0 Å². The molecular weight excluding hydrogens is 462 g/mol. The van der Waals surface area contributed by atoms with E-state index in [0.717, 1.165) is 27.4 Å². The number of fused-ring (bicyclic) bond motifs is 8. The Kier molecular flexibility index (Phi) is 4.28. The highest BCUT2D eigenvalue weighted by Crippen LogP contribution is 2.54. The molecule has 3 nitrogen and oxygen atoms in total. The van der Waals surface area contributed by atoms with E-state index in [9.17, 15) is 0 Å². The van der Waals surface area contributed by atoms with E-state index in [1.54, 1.807) is 6.33 Å². The summed E-state index contributed by atoms with van der Waals surface area (Å²) >= 11 is 0. The second-order valence-electron chi connectivity index (χ2n) is 10.7. The van der Waals surface area contributed by atoms with Gasteiger partial charge in [-0.2, -0.15) is 0 Å². The molecule has 0 unspecified atom stereocenters. The van der Waals surface area contributed by atoms with Crippen LogP contribution >= 0.6 is 0 Å². The van der Waals surface area contributed by atoms with Crippen molar-refractivity contribution in [1.29, 1.82) is 0 Å². The molecule has 5 aromatic carbocycles. The zero-order valence-electron chi connectivity index (χ0n) is 21.3. The number of hydrogen-bond acceptors (Lipinski definition) is 2. The fourth-order valence-corrected chi connectivity index (χ4v) is 6.67. The van der Waals surface area contributed by atoms with E-state index >= 15 is 0 Å². The van der Waals surface area contributed by atoms with Crippen molar-refractivity contribution < 1.29 is 0 Å². The van der Waals surface area contributed by atoms with Gasteiger partial charge in [0.2, 0.25) is 0 Å². The first-order chi connectivity index (χ1) is 18.6. The first-order valence-electron chi connectivity index (χ1n) is 13.1. The average molecular weight is 488 g/mol. The number of para-hydroxylation sites is 1. The highest BCUT2D eigenvalue weighted by Gasteiger charge is 2.40. The fourth-order valence-electron chi connectivity index (χ4n) is 6.67. The third-order valence-electron chi connectivity index (χ3n) is 8.31. The molecule has 0 atom stereocenters. The van der Waals surface area contributed by atoms with Crippen LogP contribution in [-0.4, -0.2) is 14.5 Å². The lowest BCUT2D eigenvalue weighted by atomic mass is 9.81. The highest BCUT2D eigenvalue weighted by molar-refractivity contribution is 6.14. The van der Waals surface area contributed by atoms with Gasteiger partial charge in [0, 0.05) is 38.7 Å². The Morgan fingerprint density at radius 1 is 0.658 bits per heavy atom. The third kappa shape index (κ3) is 2.73. The van der Waals surface area contributed by atoms with Gasteiger partial charge in [-0.05, 0) is 40.5 Å². The lowest BCUT2D eigenvalue weighted by molar-refractivity contribution is 0.666. The molecule has 0 amide bonds. The van der Waals surface area contributed by atoms with E-state index in [-0.39, 0.29) is 5.41 Å². The van der Waals surface area contributed by atoms with Crippen LogP contribution in [0.3, 0.4) is 0 Å². The summed E-state index contributed by atoms with van der Waals surface area (Å²) in [5, 5.41) is 4.70.